The van der Waals surface area contributed by atoms with Gasteiger partial charge in [0.1, 0.15) is 0 Å². The summed E-state index contributed by atoms with van der Waals surface area (Å²) in [6.07, 6.45) is 1.18. The van der Waals surface area contributed by atoms with E-state index in [9.17, 15) is 0 Å². The Kier molecular flexibility index (Phi) is 1.85. The SMILES string of the molecule is C[C@@H]1NCCc2c1sc1ccccc21. The smallest absolute Gasteiger partial charge is 0.0389 e. The normalized spacial score (nSPS) is 21.1. The largest absolute Gasteiger partial charge is 0.309 e. The number of hydrogen-bond acceptors (Lipinski definition) is 2. The van der Waals surface area contributed by atoms with Crippen molar-refractivity contribution < 1.29 is 0 Å². The molecule has 0 amide bonds. The Morgan fingerprint density at radius 3 is 3.14 bits per heavy atom. The molecule has 0 aliphatic carbocycles. The van der Waals surface area contributed by atoms with E-state index in [0.717, 1.165) is 6.54 Å². The standard InChI is InChI=1S/C12H13NS/c1-8-12-10(6-7-13-8)9-4-2-3-5-11(9)14-12/h2-5,8,13H,6-7H2,1H3/t8-/m0/s1. The van der Waals surface area contributed by atoms with Crippen LogP contribution >= 0.6 is 11.3 Å². The van der Waals surface area contributed by atoms with Gasteiger partial charge < -0.3 is 5.32 Å². The molecule has 0 spiro atoms. The third-order valence-electron chi connectivity index (χ3n) is 2.95. The Balaban J connectivity index is 2.32. The lowest BCUT2D eigenvalue weighted by Gasteiger charge is -2.20. The van der Waals surface area contributed by atoms with E-state index in [0.29, 0.717) is 6.04 Å². The second-order valence-electron chi connectivity index (χ2n) is 3.87. The Labute approximate surface area is 87.8 Å². The molecule has 2 heteroatoms. The molecule has 72 valence electrons. The van der Waals surface area contributed by atoms with E-state index in [4.69, 9.17) is 0 Å². The molecule has 3 rings (SSSR count). The molecule has 0 bridgehead atoms. The van der Waals surface area contributed by atoms with Crippen molar-refractivity contribution >= 4 is 21.4 Å². The van der Waals surface area contributed by atoms with E-state index < -0.39 is 0 Å². The Hall–Kier alpha value is -0.860. The van der Waals surface area contributed by atoms with Gasteiger partial charge in [-0.3, -0.25) is 0 Å². The molecule has 1 aliphatic heterocycles. The summed E-state index contributed by atoms with van der Waals surface area (Å²) in [4.78, 5) is 1.54. The maximum atomic E-state index is 3.51. The monoisotopic (exact) mass is 203 g/mol. The molecule has 2 aromatic rings. The Morgan fingerprint density at radius 2 is 2.21 bits per heavy atom. The molecule has 0 fully saturated rings. The summed E-state index contributed by atoms with van der Waals surface area (Å²) < 4.78 is 1.44. The van der Waals surface area contributed by atoms with Gasteiger partial charge in [0.15, 0.2) is 0 Å². The van der Waals surface area contributed by atoms with Crippen LogP contribution in [-0.4, -0.2) is 6.54 Å². The van der Waals surface area contributed by atoms with Gasteiger partial charge in [-0.05, 0) is 36.9 Å². The van der Waals surface area contributed by atoms with E-state index in [-0.39, 0.29) is 0 Å². The van der Waals surface area contributed by atoms with Crippen molar-refractivity contribution in [2.24, 2.45) is 0 Å². The van der Waals surface area contributed by atoms with Gasteiger partial charge in [0, 0.05) is 15.6 Å². The van der Waals surface area contributed by atoms with Crippen LogP contribution in [0.2, 0.25) is 0 Å². The van der Waals surface area contributed by atoms with E-state index >= 15 is 0 Å². The highest BCUT2D eigenvalue weighted by Gasteiger charge is 2.20. The van der Waals surface area contributed by atoms with E-state index in [2.05, 4.69) is 36.5 Å². The van der Waals surface area contributed by atoms with Crippen LogP contribution in [-0.2, 0) is 6.42 Å². The van der Waals surface area contributed by atoms with E-state index in [1.54, 1.807) is 5.56 Å². The van der Waals surface area contributed by atoms with Crippen molar-refractivity contribution in [1.82, 2.24) is 5.32 Å². The fourth-order valence-corrected chi connectivity index (χ4v) is 3.51. The lowest BCUT2D eigenvalue weighted by Crippen LogP contribution is -2.26. The molecular weight excluding hydrogens is 190 g/mol. The first-order valence-electron chi connectivity index (χ1n) is 5.10. The first kappa shape index (κ1) is 8.45. The minimum Gasteiger partial charge on any atom is -0.309 e. The highest BCUT2D eigenvalue weighted by Crippen LogP contribution is 2.37. The van der Waals surface area contributed by atoms with Crippen LogP contribution in [0.5, 0.6) is 0 Å². The number of benzene rings is 1. The van der Waals surface area contributed by atoms with Crippen LogP contribution in [0.4, 0.5) is 0 Å². The number of fused-ring (bicyclic) bond motifs is 3. The summed E-state index contributed by atoms with van der Waals surface area (Å²) in [5.41, 5.74) is 1.58. The third kappa shape index (κ3) is 1.11. The summed E-state index contributed by atoms with van der Waals surface area (Å²) >= 11 is 1.95. The van der Waals surface area contributed by atoms with Crippen molar-refractivity contribution in [1.29, 1.82) is 0 Å². The maximum absolute atomic E-state index is 3.51. The summed E-state index contributed by atoms with van der Waals surface area (Å²) in [5.74, 6) is 0. The van der Waals surface area contributed by atoms with Crippen molar-refractivity contribution in [3.63, 3.8) is 0 Å². The predicted molar refractivity (Wildman–Crippen MR) is 61.9 cm³/mol. The molecule has 1 N–H and O–H groups in total. The minimum absolute atomic E-state index is 0.538. The summed E-state index contributed by atoms with van der Waals surface area (Å²) in [6.45, 7) is 3.38. The van der Waals surface area contributed by atoms with Gasteiger partial charge in [-0.2, -0.15) is 0 Å². The highest BCUT2D eigenvalue weighted by atomic mass is 32.1. The topological polar surface area (TPSA) is 12.0 Å². The molecule has 2 heterocycles. The number of nitrogens with one attached hydrogen (secondary N) is 1. The zero-order chi connectivity index (χ0) is 9.54. The van der Waals surface area contributed by atoms with Crippen molar-refractivity contribution in [2.75, 3.05) is 6.54 Å². The molecule has 0 radical (unpaired) electrons. The van der Waals surface area contributed by atoms with Gasteiger partial charge in [-0.1, -0.05) is 18.2 Å². The first-order chi connectivity index (χ1) is 6.86. The summed E-state index contributed by atoms with van der Waals surface area (Å²) in [5, 5.41) is 4.98. The molecule has 1 aromatic carbocycles. The fourth-order valence-electron chi connectivity index (χ4n) is 2.23. The molecule has 0 saturated heterocycles. The highest BCUT2D eigenvalue weighted by molar-refractivity contribution is 7.19. The molecule has 1 aliphatic rings. The number of thiophene rings is 1. The molecule has 1 aromatic heterocycles. The third-order valence-corrected chi connectivity index (χ3v) is 4.34. The quantitative estimate of drug-likeness (QED) is 0.693. The summed E-state index contributed by atoms with van der Waals surface area (Å²) in [6, 6.07) is 9.29. The van der Waals surface area contributed by atoms with E-state index in [1.165, 1.54) is 21.4 Å². The number of hydrogen-bond donors (Lipinski definition) is 1. The molecular formula is C12H13NS. The van der Waals surface area contributed by atoms with Crippen molar-refractivity contribution in [3.05, 3.63) is 34.7 Å². The summed E-state index contributed by atoms with van der Waals surface area (Å²) in [7, 11) is 0. The number of rotatable bonds is 0. The lowest BCUT2D eigenvalue weighted by atomic mass is 10.0. The van der Waals surface area contributed by atoms with Crippen molar-refractivity contribution in [3.8, 4) is 0 Å². The zero-order valence-electron chi connectivity index (χ0n) is 8.21. The maximum Gasteiger partial charge on any atom is 0.0389 e. The fraction of sp³-hybridized carbons (Fsp3) is 0.333. The second kappa shape index (κ2) is 3.07. The van der Waals surface area contributed by atoms with Gasteiger partial charge in [-0.25, -0.2) is 0 Å². The van der Waals surface area contributed by atoms with E-state index in [1.807, 2.05) is 11.3 Å². The molecule has 1 nitrogen and oxygen atoms in total. The first-order valence-corrected chi connectivity index (χ1v) is 5.91. The molecule has 0 unspecified atom stereocenters. The predicted octanol–water partition coefficient (Wildman–Crippen LogP) is 3.11. The van der Waals surface area contributed by atoms with Gasteiger partial charge in [-0.15, -0.1) is 11.3 Å². The van der Waals surface area contributed by atoms with Crippen LogP contribution in [0.25, 0.3) is 10.1 Å². The average molecular weight is 203 g/mol. The second-order valence-corrected chi connectivity index (χ2v) is 4.95. The Morgan fingerprint density at radius 1 is 1.36 bits per heavy atom. The average Bonchev–Trinajstić information content (AvgIpc) is 2.59. The van der Waals surface area contributed by atoms with Crippen LogP contribution < -0.4 is 5.32 Å². The van der Waals surface area contributed by atoms with Gasteiger partial charge in [0.25, 0.3) is 0 Å². The van der Waals surface area contributed by atoms with Gasteiger partial charge in [0.05, 0.1) is 0 Å². The van der Waals surface area contributed by atoms with Crippen LogP contribution in [0, 0.1) is 0 Å². The molecule has 14 heavy (non-hydrogen) atoms. The molecule has 1 atom stereocenters. The van der Waals surface area contributed by atoms with Crippen LogP contribution in [0.3, 0.4) is 0 Å². The van der Waals surface area contributed by atoms with Crippen molar-refractivity contribution in [2.45, 2.75) is 19.4 Å². The minimum atomic E-state index is 0.538. The zero-order valence-corrected chi connectivity index (χ0v) is 9.03. The van der Waals surface area contributed by atoms with Gasteiger partial charge in [0.2, 0.25) is 0 Å². The van der Waals surface area contributed by atoms with Crippen LogP contribution in [0.15, 0.2) is 24.3 Å². The molecule has 0 saturated carbocycles. The van der Waals surface area contributed by atoms with Gasteiger partial charge >= 0.3 is 0 Å². The van der Waals surface area contributed by atoms with Crippen LogP contribution in [0.1, 0.15) is 23.4 Å². The Bertz CT molecular complexity index is 472. The lowest BCUT2D eigenvalue weighted by molar-refractivity contribution is 0.553.